The highest BCUT2D eigenvalue weighted by Crippen LogP contribution is 2.38. The average Bonchev–Trinajstić information content (AvgIpc) is 3.70. The molecule has 2 unspecified atom stereocenters. The second-order valence-corrected chi connectivity index (χ2v) is 13.6. The van der Waals surface area contributed by atoms with E-state index in [0.717, 1.165) is 16.8 Å². The van der Waals surface area contributed by atoms with Crippen LogP contribution in [0.4, 0.5) is 22.7 Å². The predicted molar refractivity (Wildman–Crippen MR) is 231 cm³/mol. The second kappa shape index (κ2) is 20.0. The van der Waals surface area contributed by atoms with Gasteiger partial charge in [0.1, 0.15) is 17.6 Å². The van der Waals surface area contributed by atoms with Crippen molar-refractivity contribution in [2.45, 2.75) is 61.3 Å². The molecule has 12 heteroatoms. The molecule has 4 aliphatic rings. The van der Waals surface area contributed by atoms with E-state index in [0.29, 0.717) is 52.2 Å². The number of ketones is 1. The summed E-state index contributed by atoms with van der Waals surface area (Å²) in [5.41, 5.74) is 6.10. The fourth-order valence-electron chi connectivity index (χ4n) is 7.02. The third-order valence-corrected chi connectivity index (χ3v) is 9.94. The Morgan fingerprint density at radius 1 is 0.633 bits per heavy atom. The van der Waals surface area contributed by atoms with Gasteiger partial charge in [0.25, 0.3) is 17.7 Å². The van der Waals surface area contributed by atoms with Crippen LogP contribution in [-0.2, 0) is 19.2 Å². The van der Waals surface area contributed by atoms with Crippen LogP contribution in [0.25, 0.3) is 0 Å². The van der Waals surface area contributed by atoms with Gasteiger partial charge in [-0.15, -0.1) is 4.68 Å². The van der Waals surface area contributed by atoms with Crippen molar-refractivity contribution in [3.05, 3.63) is 161 Å². The molecule has 1 aromatic heterocycles. The number of allylic oxidation sites excluding steroid dienone is 6. The summed E-state index contributed by atoms with van der Waals surface area (Å²) >= 11 is 0. The Labute approximate surface area is 350 Å². The van der Waals surface area contributed by atoms with Gasteiger partial charge in [-0.2, -0.15) is 0 Å². The number of amides is 5. The molecule has 2 aliphatic carbocycles. The molecule has 0 spiro atoms. The van der Waals surface area contributed by atoms with Crippen LogP contribution < -0.4 is 19.8 Å². The summed E-state index contributed by atoms with van der Waals surface area (Å²) in [6.07, 6.45) is 12.1. The molecule has 12 nitrogen and oxygen atoms in total. The zero-order valence-corrected chi connectivity index (χ0v) is 34.9. The topological polar surface area (TPSA) is 150 Å². The molecule has 2 saturated heterocycles. The number of pyridine rings is 1. The van der Waals surface area contributed by atoms with E-state index < -0.39 is 5.92 Å². The maximum atomic E-state index is 12.9. The molecule has 0 bridgehead atoms. The number of Topliss-reactive ketones (excluding diaryl/α,β-unsaturated/α-hetero) is 1. The Morgan fingerprint density at radius 2 is 1.08 bits per heavy atom. The van der Waals surface area contributed by atoms with Crippen molar-refractivity contribution >= 4 is 58.1 Å². The van der Waals surface area contributed by atoms with Gasteiger partial charge < -0.3 is 5.32 Å². The zero-order chi connectivity index (χ0) is 43.5. The van der Waals surface area contributed by atoms with Gasteiger partial charge >= 0.3 is 0 Å². The van der Waals surface area contributed by atoms with E-state index in [4.69, 9.17) is 0 Å². The summed E-state index contributed by atoms with van der Waals surface area (Å²) in [5, 5.41) is 11.1. The number of hydrogen-bond acceptors (Lipinski definition) is 8. The number of carbonyl (C=O) groups is 6. The summed E-state index contributed by atoms with van der Waals surface area (Å²) < 4.78 is 1.53. The molecule has 2 aliphatic heterocycles. The molecule has 306 valence electrons. The number of imide groups is 2. The number of anilines is 3. The van der Waals surface area contributed by atoms with E-state index in [-0.39, 0.29) is 41.2 Å². The lowest BCUT2D eigenvalue weighted by Crippen LogP contribution is -2.30. The van der Waals surface area contributed by atoms with Crippen LogP contribution in [-0.4, -0.2) is 35.3 Å². The molecular weight excluding hydrogens is 757 g/mol. The van der Waals surface area contributed by atoms with Crippen molar-refractivity contribution < 1.29 is 33.4 Å². The predicted octanol–water partition coefficient (Wildman–Crippen LogP) is 9.25. The maximum Gasteiger partial charge on any atom is 0.262 e. The first-order chi connectivity index (χ1) is 29.0. The maximum absolute atomic E-state index is 12.9. The summed E-state index contributed by atoms with van der Waals surface area (Å²) in [6, 6.07) is 25.8. The van der Waals surface area contributed by atoms with Crippen LogP contribution in [0.15, 0.2) is 160 Å². The molecule has 0 radical (unpaired) electrons. The SMILES string of the molecule is CC.CC.CC(=O)c1ccc(N2C(=O)C3=C(C)C=CCC3C2=O)cc1.CC1=C2C(=O)N(c3ccc(C(=O)Nc4cc[n+](N=Nc5ccccc5)cc4)cc3)C(=O)C2CC=C1. The number of fused-ring (bicyclic) bond motifs is 2. The Hall–Kier alpha value is -7.21. The molecule has 2 atom stereocenters. The highest BCUT2D eigenvalue weighted by molar-refractivity contribution is 6.30. The first-order valence-corrected chi connectivity index (χ1v) is 20.0. The Kier molecular flexibility index (Phi) is 14.6. The van der Waals surface area contributed by atoms with Gasteiger partial charge in [0.2, 0.25) is 17.5 Å². The lowest BCUT2D eigenvalue weighted by atomic mass is 9.89. The van der Waals surface area contributed by atoms with Gasteiger partial charge in [-0.1, -0.05) is 70.2 Å². The fraction of sp³-hybridized carbons (Fsp3) is 0.229. The third-order valence-electron chi connectivity index (χ3n) is 9.94. The van der Waals surface area contributed by atoms with E-state index in [9.17, 15) is 28.8 Å². The van der Waals surface area contributed by atoms with Gasteiger partial charge in [-0.05, 0) is 105 Å². The highest BCUT2D eigenvalue weighted by atomic mass is 16.2. The molecule has 60 heavy (non-hydrogen) atoms. The van der Waals surface area contributed by atoms with E-state index in [1.54, 1.807) is 73.1 Å². The van der Waals surface area contributed by atoms with Crippen LogP contribution in [0.1, 0.15) is 82.0 Å². The van der Waals surface area contributed by atoms with Crippen LogP contribution in [0.3, 0.4) is 0 Å². The van der Waals surface area contributed by atoms with Gasteiger partial charge in [-0.3, -0.25) is 28.8 Å². The smallest absolute Gasteiger partial charge is 0.262 e. The Morgan fingerprint density at radius 3 is 1.52 bits per heavy atom. The second-order valence-electron chi connectivity index (χ2n) is 13.6. The Bertz CT molecular complexity index is 2430. The minimum absolute atomic E-state index is 0.0444. The van der Waals surface area contributed by atoms with Crippen molar-refractivity contribution in [1.29, 1.82) is 0 Å². The van der Waals surface area contributed by atoms with Gasteiger partial charge in [-0.25, -0.2) is 9.80 Å². The van der Waals surface area contributed by atoms with Crippen LogP contribution in [0.5, 0.6) is 0 Å². The van der Waals surface area contributed by atoms with Crippen molar-refractivity contribution in [1.82, 2.24) is 0 Å². The first kappa shape index (κ1) is 43.9. The molecule has 0 saturated carbocycles. The first-order valence-electron chi connectivity index (χ1n) is 20.0. The number of nitrogens with zero attached hydrogens (tertiary/aromatic N) is 5. The fourth-order valence-corrected chi connectivity index (χ4v) is 7.02. The van der Waals surface area contributed by atoms with Gasteiger partial charge in [0.15, 0.2) is 5.78 Å². The number of rotatable bonds is 7. The Balaban J connectivity index is 0.000000233. The lowest BCUT2D eigenvalue weighted by molar-refractivity contribution is -0.685. The standard InChI is InChI=1S/C27H21N5O3.C17H15NO3.2C2H6/c1-18-6-5-9-23-24(18)27(35)32(26(23)34)22-12-10-19(11-13-22)25(33)28-20-14-16-31(17-15-20)30-29-21-7-3-2-4-8-21;1-10-4-3-5-14-15(10)17(21)18(16(14)20)13-8-6-12(7-9-13)11(2)19;2*1-2/h2-8,10-17,23H,9H2,1H3;3-4,6-9,14H,5H2,1-2H3;2*1-2H3/p+1. The van der Waals surface area contributed by atoms with Crippen molar-refractivity contribution in [3.63, 3.8) is 0 Å². The summed E-state index contributed by atoms with van der Waals surface area (Å²) in [5.74, 6) is -2.10. The van der Waals surface area contributed by atoms with Crippen molar-refractivity contribution in [2.24, 2.45) is 22.2 Å². The third kappa shape index (κ3) is 9.39. The minimum Gasteiger partial charge on any atom is -0.322 e. The van der Waals surface area contributed by atoms with E-state index in [1.807, 2.05) is 96.2 Å². The molecule has 4 aromatic rings. The quantitative estimate of drug-likeness (QED) is 0.0852. The van der Waals surface area contributed by atoms with E-state index >= 15 is 0 Å². The monoisotopic (exact) mass is 805 g/mol. The summed E-state index contributed by atoms with van der Waals surface area (Å²) in [7, 11) is 0. The van der Waals surface area contributed by atoms with Crippen LogP contribution >= 0.6 is 0 Å². The highest BCUT2D eigenvalue weighted by Gasteiger charge is 2.46. The molecule has 3 heterocycles. The number of hydrogen-bond donors (Lipinski definition) is 1. The summed E-state index contributed by atoms with van der Waals surface area (Å²) in [6.45, 7) is 13.2. The average molecular weight is 806 g/mol. The lowest BCUT2D eigenvalue weighted by Gasteiger charge is -2.14. The van der Waals surface area contributed by atoms with Crippen LogP contribution in [0.2, 0.25) is 0 Å². The molecule has 2 fully saturated rings. The number of benzene rings is 3. The minimum atomic E-state index is -0.427. The zero-order valence-electron chi connectivity index (χ0n) is 34.9. The van der Waals surface area contributed by atoms with Crippen molar-refractivity contribution in [3.8, 4) is 0 Å². The summed E-state index contributed by atoms with van der Waals surface area (Å²) in [4.78, 5) is 77.2. The van der Waals surface area contributed by atoms with Crippen molar-refractivity contribution in [2.75, 3.05) is 15.1 Å². The van der Waals surface area contributed by atoms with E-state index in [1.165, 1.54) is 21.4 Å². The molecule has 8 rings (SSSR count). The van der Waals surface area contributed by atoms with Gasteiger partial charge in [0, 0.05) is 40.1 Å². The number of carbonyl (C=O) groups excluding carboxylic acids is 6. The van der Waals surface area contributed by atoms with Crippen LogP contribution in [0, 0.1) is 11.8 Å². The molecular formula is C48H49N6O6+. The number of aromatic nitrogens is 1. The number of nitrogens with one attached hydrogen (secondary N) is 1. The van der Waals surface area contributed by atoms with Gasteiger partial charge in [0.05, 0.1) is 28.3 Å². The molecule has 1 N–H and O–H groups in total. The van der Waals surface area contributed by atoms with E-state index in [2.05, 4.69) is 15.7 Å². The normalized spacial score (nSPS) is 17.6. The largest absolute Gasteiger partial charge is 0.322 e. The molecule has 5 amide bonds. The molecule has 3 aromatic carbocycles.